The predicted molar refractivity (Wildman–Crippen MR) is 82.9 cm³/mol. The van der Waals surface area contributed by atoms with Gasteiger partial charge in [0.2, 0.25) is 10.0 Å². The molecule has 0 aromatic heterocycles. The maximum absolute atomic E-state index is 12.5. The van der Waals surface area contributed by atoms with Gasteiger partial charge in [-0.3, -0.25) is 4.79 Å². The molecule has 0 atom stereocenters. The fraction of sp³-hybridized carbons (Fsp3) is 0.462. The van der Waals surface area contributed by atoms with Crippen molar-refractivity contribution in [3.8, 4) is 0 Å². The van der Waals surface area contributed by atoms with Crippen LogP contribution in [0.2, 0.25) is 5.02 Å². The second-order valence-corrected chi connectivity index (χ2v) is 8.18. The van der Waals surface area contributed by atoms with Gasteiger partial charge in [0, 0.05) is 10.0 Å². The van der Waals surface area contributed by atoms with Crippen molar-refractivity contribution in [3.63, 3.8) is 0 Å². The van der Waals surface area contributed by atoms with E-state index < -0.39 is 21.5 Å². The third-order valence-electron chi connectivity index (χ3n) is 3.60. The summed E-state index contributed by atoms with van der Waals surface area (Å²) in [5.41, 5.74) is -0.892. The lowest BCUT2D eigenvalue weighted by Gasteiger charge is -2.28. The van der Waals surface area contributed by atoms with Gasteiger partial charge in [0.1, 0.15) is 0 Å². The van der Waals surface area contributed by atoms with Crippen LogP contribution in [0.25, 0.3) is 0 Å². The van der Waals surface area contributed by atoms with E-state index in [0.29, 0.717) is 22.3 Å². The van der Waals surface area contributed by atoms with E-state index in [4.69, 9.17) is 16.7 Å². The average molecular weight is 397 g/mol. The standard InChI is InChI=1S/C13H15BrClNO4S/c14-10-7-9(3-4-11(10)15)21(19,20)16-13(8-12(17)18)5-1-2-6-13/h3-4,7,16H,1-2,5-6,8H2,(H,17,18). The molecule has 116 valence electrons. The molecule has 0 saturated heterocycles. The summed E-state index contributed by atoms with van der Waals surface area (Å²) in [6.07, 6.45) is 2.50. The minimum Gasteiger partial charge on any atom is -0.481 e. The van der Waals surface area contributed by atoms with E-state index in [9.17, 15) is 13.2 Å². The van der Waals surface area contributed by atoms with Gasteiger partial charge in [-0.05, 0) is 47.0 Å². The zero-order valence-electron chi connectivity index (χ0n) is 11.1. The SMILES string of the molecule is O=C(O)CC1(NS(=O)(=O)c2ccc(Cl)c(Br)c2)CCCC1. The highest BCUT2D eigenvalue weighted by Gasteiger charge is 2.39. The minimum absolute atomic E-state index is 0.0652. The highest BCUT2D eigenvalue weighted by atomic mass is 79.9. The molecule has 1 saturated carbocycles. The van der Waals surface area contributed by atoms with Crippen LogP contribution in [0.5, 0.6) is 0 Å². The molecule has 0 bridgehead atoms. The Labute approximate surface area is 136 Å². The van der Waals surface area contributed by atoms with Crippen molar-refractivity contribution >= 4 is 43.5 Å². The lowest BCUT2D eigenvalue weighted by molar-refractivity contribution is -0.138. The number of benzene rings is 1. The average Bonchev–Trinajstić information content (AvgIpc) is 2.78. The maximum Gasteiger partial charge on any atom is 0.305 e. The van der Waals surface area contributed by atoms with E-state index in [0.717, 1.165) is 12.8 Å². The van der Waals surface area contributed by atoms with E-state index >= 15 is 0 Å². The number of carboxylic acid groups (broad SMARTS) is 1. The number of carboxylic acids is 1. The second kappa shape index (κ2) is 6.24. The molecule has 0 amide bonds. The van der Waals surface area contributed by atoms with E-state index in [-0.39, 0.29) is 11.3 Å². The van der Waals surface area contributed by atoms with Gasteiger partial charge >= 0.3 is 5.97 Å². The molecule has 2 N–H and O–H groups in total. The normalized spacial score (nSPS) is 17.8. The van der Waals surface area contributed by atoms with Gasteiger partial charge in [-0.2, -0.15) is 0 Å². The molecule has 1 aromatic carbocycles. The Balaban J connectivity index is 2.30. The smallest absolute Gasteiger partial charge is 0.305 e. The van der Waals surface area contributed by atoms with E-state index in [1.165, 1.54) is 18.2 Å². The molecule has 21 heavy (non-hydrogen) atoms. The molecule has 0 aliphatic heterocycles. The van der Waals surface area contributed by atoms with Crippen molar-refractivity contribution in [2.45, 2.75) is 42.5 Å². The quantitative estimate of drug-likeness (QED) is 0.801. The van der Waals surface area contributed by atoms with E-state index in [2.05, 4.69) is 20.7 Å². The van der Waals surface area contributed by atoms with Crippen LogP contribution >= 0.6 is 27.5 Å². The fourth-order valence-electron chi connectivity index (χ4n) is 2.64. The number of rotatable bonds is 5. The molecule has 5 nitrogen and oxygen atoms in total. The number of aliphatic carboxylic acids is 1. The molecule has 0 radical (unpaired) electrons. The lowest BCUT2D eigenvalue weighted by atomic mass is 9.95. The van der Waals surface area contributed by atoms with Crippen LogP contribution in [0.15, 0.2) is 27.6 Å². The summed E-state index contributed by atoms with van der Waals surface area (Å²) in [5.74, 6) is -1.00. The maximum atomic E-state index is 12.5. The summed E-state index contributed by atoms with van der Waals surface area (Å²) in [5, 5.41) is 9.44. The van der Waals surface area contributed by atoms with Crippen molar-refractivity contribution in [2.24, 2.45) is 0 Å². The Morgan fingerprint density at radius 2 is 2.00 bits per heavy atom. The predicted octanol–water partition coefficient (Wildman–Crippen LogP) is 3.17. The highest BCUT2D eigenvalue weighted by molar-refractivity contribution is 9.10. The first-order valence-electron chi connectivity index (χ1n) is 6.45. The monoisotopic (exact) mass is 395 g/mol. The number of carbonyl (C=O) groups is 1. The van der Waals surface area contributed by atoms with E-state index in [1.807, 2.05) is 0 Å². The Morgan fingerprint density at radius 1 is 1.38 bits per heavy atom. The Morgan fingerprint density at radius 3 is 2.52 bits per heavy atom. The zero-order chi connectivity index (χ0) is 15.7. The van der Waals surface area contributed by atoms with Crippen LogP contribution in [0.4, 0.5) is 0 Å². The van der Waals surface area contributed by atoms with Gasteiger partial charge < -0.3 is 5.11 Å². The minimum atomic E-state index is -3.79. The van der Waals surface area contributed by atoms with Crippen LogP contribution < -0.4 is 4.72 Å². The largest absolute Gasteiger partial charge is 0.481 e. The molecular weight excluding hydrogens is 382 g/mol. The summed E-state index contributed by atoms with van der Waals surface area (Å²) < 4.78 is 28.0. The van der Waals surface area contributed by atoms with Gasteiger partial charge in [0.25, 0.3) is 0 Å². The molecule has 8 heteroatoms. The molecule has 0 spiro atoms. The summed E-state index contributed by atoms with van der Waals surface area (Å²) in [6, 6.07) is 4.30. The number of sulfonamides is 1. The first kappa shape index (κ1) is 16.7. The summed E-state index contributed by atoms with van der Waals surface area (Å²) in [7, 11) is -3.79. The molecule has 1 aromatic rings. The Hall–Kier alpha value is -0.630. The number of hydrogen-bond donors (Lipinski definition) is 2. The van der Waals surface area contributed by atoms with E-state index in [1.54, 1.807) is 0 Å². The number of halogens is 2. The first-order chi connectivity index (χ1) is 9.74. The van der Waals surface area contributed by atoms with Crippen LogP contribution in [0.3, 0.4) is 0 Å². The van der Waals surface area contributed by atoms with Gasteiger partial charge in [-0.25, -0.2) is 13.1 Å². The molecule has 0 unspecified atom stereocenters. The van der Waals surface area contributed by atoms with Crippen LogP contribution in [-0.4, -0.2) is 25.0 Å². The third-order valence-corrected chi connectivity index (χ3v) is 6.39. The molecule has 2 rings (SSSR count). The zero-order valence-corrected chi connectivity index (χ0v) is 14.3. The van der Waals surface area contributed by atoms with Crippen molar-refractivity contribution in [1.29, 1.82) is 0 Å². The summed E-state index contributed by atoms with van der Waals surface area (Å²) in [6.45, 7) is 0. The Kier molecular flexibility index (Phi) is 4.97. The van der Waals surface area contributed by atoms with Gasteiger partial charge in [-0.1, -0.05) is 24.4 Å². The summed E-state index contributed by atoms with van der Waals surface area (Å²) in [4.78, 5) is 11.1. The van der Waals surface area contributed by atoms with Gasteiger partial charge in [-0.15, -0.1) is 0 Å². The highest BCUT2D eigenvalue weighted by Crippen LogP contribution is 2.34. The molecular formula is C13H15BrClNO4S. The topological polar surface area (TPSA) is 83.5 Å². The molecule has 1 fully saturated rings. The van der Waals surface area contributed by atoms with Crippen LogP contribution in [0, 0.1) is 0 Å². The van der Waals surface area contributed by atoms with Gasteiger partial charge in [0.05, 0.1) is 16.3 Å². The molecule has 1 aliphatic carbocycles. The van der Waals surface area contributed by atoms with Crippen molar-refractivity contribution in [2.75, 3.05) is 0 Å². The first-order valence-corrected chi connectivity index (χ1v) is 9.10. The second-order valence-electron chi connectivity index (χ2n) is 5.24. The number of hydrogen-bond acceptors (Lipinski definition) is 3. The molecule has 0 heterocycles. The van der Waals surface area contributed by atoms with Crippen LogP contribution in [0.1, 0.15) is 32.1 Å². The third kappa shape index (κ3) is 3.97. The van der Waals surface area contributed by atoms with Gasteiger partial charge in [0.15, 0.2) is 0 Å². The summed E-state index contributed by atoms with van der Waals surface area (Å²) >= 11 is 9.04. The fourth-order valence-corrected chi connectivity index (χ4v) is 4.78. The van der Waals surface area contributed by atoms with Crippen molar-refractivity contribution < 1.29 is 18.3 Å². The molecule has 1 aliphatic rings. The van der Waals surface area contributed by atoms with Crippen LogP contribution in [-0.2, 0) is 14.8 Å². The Bertz CT molecular complexity index is 656. The van der Waals surface area contributed by atoms with Crippen molar-refractivity contribution in [3.05, 3.63) is 27.7 Å². The number of nitrogens with one attached hydrogen (secondary N) is 1. The lowest BCUT2D eigenvalue weighted by Crippen LogP contribution is -2.47. The van der Waals surface area contributed by atoms with Crippen molar-refractivity contribution in [1.82, 2.24) is 4.72 Å².